The largest absolute Gasteiger partial charge is 0.383 e. The van der Waals surface area contributed by atoms with Crippen LogP contribution in [0.25, 0.3) is 0 Å². The van der Waals surface area contributed by atoms with Crippen molar-refractivity contribution < 1.29 is 14.4 Å². The van der Waals surface area contributed by atoms with E-state index in [1.54, 1.807) is 12.1 Å². The van der Waals surface area contributed by atoms with E-state index >= 15 is 0 Å². The number of benzene rings is 2. The molecule has 4 rings (SSSR count). The summed E-state index contributed by atoms with van der Waals surface area (Å²) in [4.78, 5) is 47.1. The Morgan fingerprint density at radius 1 is 1.10 bits per heavy atom. The first-order valence-electron chi connectivity index (χ1n) is 12.7. The van der Waals surface area contributed by atoms with Crippen LogP contribution in [0.1, 0.15) is 54.0 Å². The van der Waals surface area contributed by atoms with Crippen molar-refractivity contribution in [3.8, 4) is 12.1 Å². The quantitative estimate of drug-likeness (QED) is 0.322. The Morgan fingerprint density at radius 2 is 1.75 bits per heavy atom. The maximum absolute atomic E-state index is 13.7. The summed E-state index contributed by atoms with van der Waals surface area (Å²) < 4.78 is 0. The van der Waals surface area contributed by atoms with E-state index in [4.69, 9.17) is 5.73 Å². The standard InChI is InChI=1S/C30H28N6O3S/c1-18(2)27-22(14-31)28(33)34-29(23(27)15-32)40-17-26(38)35(16-20-7-5-4-6-8-20)24-13-25(37)36(30(24)39)21-11-9-19(3)10-12-21/h4-12,18,24H,13,16-17H2,1-3H3,(H2,33,34). The van der Waals surface area contributed by atoms with Crippen molar-refractivity contribution in [2.75, 3.05) is 16.4 Å². The summed E-state index contributed by atoms with van der Waals surface area (Å²) in [6.45, 7) is 5.73. The van der Waals surface area contributed by atoms with E-state index in [0.29, 0.717) is 11.3 Å². The number of nitrogens with zero attached hydrogens (tertiary/aromatic N) is 5. The molecular formula is C30H28N6O3S. The number of amides is 3. The lowest BCUT2D eigenvalue weighted by atomic mass is 9.94. The van der Waals surface area contributed by atoms with E-state index < -0.39 is 17.9 Å². The molecule has 2 heterocycles. The second-order valence-electron chi connectivity index (χ2n) is 9.76. The second kappa shape index (κ2) is 12.0. The number of pyridine rings is 1. The first-order valence-corrected chi connectivity index (χ1v) is 13.7. The second-order valence-corrected chi connectivity index (χ2v) is 10.7. The molecule has 1 aliphatic rings. The van der Waals surface area contributed by atoms with Crippen LogP contribution in [-0.2, 0) is 20.9 Å². The van der Waals surface area contributed by atoms with Gasteiger partial charge in [-0.2, -0.15) is 10.5 Å². The zero-order valence-electron chi connectivity index (χ0n) is 22.4. The van der Waals surface area contributed by atoms with Crippen molar-refractivity contribution in [1.82, 2.24) is 9.88 Å². The van der Waals surface area contributed by atoms with Gasteiger partial charge in [-0.3, -0.25) is 14.4 Å². The van der Waals surface area contributed by atoms with Crippen molar-refractivity contribution in [2.45, 2.75) is 50.7 Å². The number of nitriles is 2. The first kappa shape index (κ1) is 28.3. The predicted molar refractivity (Wildman–Crippen MR) is 152 cm³/mol. The van der Waals surface area contributed by atoms with Crippen LogP contribution >= 0.6 is 11.8 Å². The Labute approximate surface area is 237 Å². The Hall–Kier alpha value is -4.67. The molecule has 1 unspecified atom stereocenters. The molecule has 0 radical (unpaired) electrons. The van der Waals surface area contributed by atoms with Crippen LogP contribution < -0.4 is 10.6 Å². The van der Waals surface area contributed by atoms with Gasteiger partial charge in [0.1, 0.15) is 29.0 Å². The third kappa shape index (κ3) is 5.68. The molecule has 9 nitrogen and oxygen atoms in total. The molecule has 1 saturated heterocycles. The van der Waals surface area contributed by atoms with Crippen LogP contribution in [0, 0.1) is 29.6 Å². The lowest BCUT2D eigenvalue weighted by Gasteiger charge is -2.28. The number of nitrogens with two attached hydrogens (primary N) is 1. The SMILES string of the molecule is Cc1ccc(N2C(=O)CC(N(Cc3ccccc3)C(=O)CSc3nc(N)c(C#N)c(C(C)C)c3C#N)C2=O)cc1. The molecule has 2 N–H and O–H groups in total. The number of thioether (sulfide) groups is 1. The smallest absolute Gasteiger partial charge is 0.257 e. The van der Waals surface area contributed by atoms with Crippen LogP contribution in [0.2, 0.25) is 0 Å². The third-order valence-electron chi connectivity index (χ3n) is 6.67. The van der Waals surface area contributed by atoms with Gasteiger partial charge in [0.25, 0.3) is 5.91 Å². The van der Waals surface area contributed by atoms with Crippen molar-refractivity contribution >= 4 is 41.0 Å². The van der Waals surface area contributed by atoms with E-state index in [1.165, 1.54) is 4.90 Å². The van der Waals surface area contributed by atoms with Crippen LogP contribution in [-0.4, -0.2) is 39.4 Å². The molecule has 3 amide bonds. The van der Waals surface area contributed by atoms with Crippen LogP contribution in [0.5, 0.6) is 0 Å². The van der Waals surface area contributed by atoms with Crippen LogP contribution in [0.4, 0.5) is 11.5 Å². The van der Waals surface area contributed by atoms with Gasteiger partial charge in [0, 0.05) is 6.54 Å². The molecule has 2 aromatic carbocycles. The highest BCUT2D eigenvalue weighted by molar-refractivity contribution is 8.00. The third-order valence-corrected chi connectivity index (χ3v) is 7.63. The number of hydrogen-bond acceptors (Lipinski definition) is 8. The number of anilines is 2. The fourth-order valence-electron chi connectivity index (χ4n) is 4.70. The van der Waals surface area contributed by atoms with Crippen molar-refractivity contribution in [1.29, 1.82) is 10.5 Å². The molecule has 0 saturated carbocycles. The molecule has 1 aromatic heterocycles. The molecule has 3 aromatic rings. The van der Waals surface area contributed by atoms with Gasteiger partial charge in [0.05, 0.1) is 29.0 Å². The van der Waals surface area contributed by atoms with Gasteiger partial charge in [-0.25, -0.2) is 9.88 Å². The normalized spacial score (nSPS) is 14.8. The molecule has 0 spiro atoms. The fourth-order valence-corrected chi connectivity index (χ4v) is 5.59. The summed E-state index contributed by atoms with van der Waals surface area (Å²) in [5, 5.41) is 19.7. The first-order chi connectivity index (χ1) is 19.2. The molecule has 1 aliphatic heterocycles. The summed E-state index contributed by atoms with van der Waals surface area (Å²) in [5.74, 6) is -1.58. The van der Waals surface area contributed by atoms with Gasteiger partial charge in [0.15, 0.2) is 0 Å². The van der Waals surface area contributed by atoms with E-state index in [2.05, 4.69) is 11.1 Å². The maximum Gasteiger partial charge on any atom is 0.257 e. The molecular weight excluding hydrogens is 524 g/mol. The summed E-state index contributed by atoms with van der Waals surface area (Å²) in [6.07, 6.45) is -0.140. The number of carbonyl (C=O) groups is 3. The van der Waals surface area contributed by atoms with Gasteiger partial charge in [-0.15, -0.1) is 0 Å². The minimum absolute atomic E-state index is 0.00778. The Balaban J connectivity index is 1.64. The number of nitrogen functional groups attached to an aromatic ring is 1. The van der Waals surface area contributed by atoms with Gasteiger partial charge >= 0.3 is 0 Å². The number of hydrogen-bond donors (Lipinski definition) is 1. The lowest BCUT2D eigenvalue weighted by Crippen LogP contribution is -2.45. The Bertz CT molecular complexity index is 1540. The number of aromatic nitrogens is 1. The number of carbonyl (C=O) groups excluding carboxylic acids is 3. The fraction of sp³-hybridized carbons (Fsp3) is 0.267. The molecule has 40 heavy (non-hydrogen) atoms. The molecule has 0 aliphatic carbocycles. The highest BCUT2D eigenvalue weighted by Gasteiger charge is 2.44. The van der Waals surface area contributed by atoms with E-state index in [9.17, 15) is 24.9 Å². The number of imide groups is 1. The predicted octanol–water partition coefficient (Wildman–Crippen LogP) is 4.29. The highest BCUT2D eigenvalue weighted by Crippen LogP contribution is 2.34. The van der Waals surface area contributed by atoms with Gasteiger partial charge in [0.2, 0.25) is 11.8 Å². The molecule has 1 fully saturated rings. The zero-order chi connectivity index (χ0) is 29.0. The molecule has 202 valence electrons. The Kier molecular flexibility index (Phi) is 8.52. The number of aryl methyl sites for hydroxylation is 1. The maximum atomic E-state index is 13.7. The van der Waals surface area contributed by atoms with E-state index in [-0.39, 0.29) is 52.5 Å². The summed E-state index contributed by atoms with van der Waals surface area (Å²) >= 11 is 1.02. The molecule has 10 heteroatoms. The molecule has 1 atom stereocenters. The van der Waals surface area contributed by atoms with Crippen LogP contribution in [0.15, 0.2) is 59.6 Å². The summed E-state index contributed by atoms with van der Waals surface area (Å²) in [7, 11) is 0. The summed E-state index contributed by atoms with van der Waals surface area (Å²) in [6, 6.07) is 19.4. The van der Waals surface area contributed by atoms with E-state index in [0.717, 1.165) is 27.8 Å². The van der Waals surface area contributed by atoms with Gasteiger partial charge in [-0.05, 0) is 36.1 Å². The Morgan fingerprint density at radius 3 is 2.35 bits per heavy atom. The highest BCUT2D eigenvalue weighted by atomic mass is 32.2. The monoisotopic (exact) mass is 552 g/mol. The van der Waals surface area contributed by atoms with Gasteiger partial charge in [-0.1, -0.05) is 73.6 Å². The minimum atomic E-state index is -0.984. The van der Waals surface area contributed by atoms with E-state index in [1.807, 2.05) is 69.3 Å². The molecule has 0 bridgehead atoms. The van der Waals surface area contributed by atoms with Crippen molar-refractivity contribution in [3.05, 3.63) is 82.4 Å². The zero-order valence-corrected chi connectivity index (χ0v) is 23.2. The van der Waals surface area contributed by atoms with Crippen molar-refractivity contribution in [3.63, 3.8) is 0 Å². The van der Waals surface area contributed by atoms with Crippen molar-refractivity contribution in [2.24, 2.45) is 0 Å². The topological polar surface area (TPSA) is 144 Å². The number of rotatable bonds is 8. The summed E-state index contributed by atoms with van der Waals surface area (Å²) in [5.41, 5.74) is 9.13. The van der Waals surface area contributed by atoms with Crippen LogP contribution in [0.3, 0.4) is 0 Å². The average Bonchev–Trinajstić information content (AvgIpc) is 3.23. The lowest BCUT2D eigenvalue weighted by molar-refractivity contribution is -0.136. The minimum Gasteiger partial charge on any atom is -0.383 e. The van der Waals surface area contributed by atoms with Gasteiger partial charge < -0.3 is 10.6 Å². The average molecular weight is 553 g/mol.